The van der Waals surface area contributed by atoms with Crippen molar-refractivity contribution in [3.8, 4) is 0 Å². The van der Waals surface area contributed by atoms with E-state index >= 15 is 0 Å². The standard InChI is InChI=1S/C10H15BrN2S/c1-8-6-9(7-13-10(8)11)12-4-3-5-14-2/h6-7,12H,3-5H2,1-2H3. The van der Waals surface area contributed by atoms with Gasteiger partial charge in [0.15, 0.2) is 0 Å². The van der Waals surface area contributed by atoms with Crippen molar-refractivity contribution in [1.29, 1.82) is 0 Å². The molecule has 2 nitrogen and oxygen atoms in total. The molecule has 0 aromatic carbocycles. The molecule has 78 valence electrons. The Bertz CT molecular complexity index is 291. The molecule has 0 saturated heterocycles. The molecular weight excluding hydrogens is 260 g/mol. The van der Waals surface area contributed by atoms with E-state index < -0.39 is 0 Å². The van der Waals surface area contributed by atoms with E-state index in [1.807, 2.05) is 24.9 Å². The van der Waals surface area contributed by atoms with Crippen molar-refractivity contribution in [3.05, 3.63) is 22.4 Å². The summed E-state index contributed by atoms with van der Waals surface area (Å²) in [4.78, 5) is 4.23. The maximum atomic E-state index is 4.23. The molecule has 0 bridgehead atoms. The molecule has 1 rings (SSSR count). The van der Waals surface area contributed by atoms with Crippen LogP contribution in [-0.2, 0) is 0 Å². The van der Waals surface area contributed by atoms with Crippen molar-refractivity contribution in [2.45, 2.75) is 13.3 Å². The molecule has 0 aliphatic rings. The van der Waals surface area contributed by atoms with Crippen LogP contribution in [0, 0.1) is 6.92 Å². The Morgan fingerprint density at radius 3 is 3.00 bits per heavy atom. The number of nitrogens with zero attached hydrogens (tertiary/aromatic N) is 1. The fourth-order valence-corrected chi connectivity index (χ4v) is 1.75. The maximum Gasteiger partial charge on any atom is 0.109 e. The van der Waals surface area contributed by atoms with Crippen molar-refractivity contribution >= 4 is 33.4 Å². The van der Waals surface area contributed by atoms with E-state index in [1.54, 1.807) is 0 Å². The predicted octanol–water partition coefficient (Wildman–Crippen LogP) is 3.32. The number of pyridine rings is 1. The number of anilines is 1. The average Bonchev–Trinajstić information content (AvgIpc) is 2.18. The SMILES string of the molecule is CSCCCNc1cnc(Br)c(C)c1. The summed E-state index contributed by atoms with van der Waals surface area (Å²) in [5.41, 5.74) is 2.27. The Kier molecular flexibility index (Phi) is 5.33. The Labute approximate surface area is 98.0 Å². The Morgan fingerprint density at radius 2 is 2.36 bits per heavy atom. The Hall–Kier alpha value is -0.220. The van der Waals surface area contributed by atoms with Crippen LogP contribution in [0.4, 0.5) is 5.69 Å². The molecule has 1 aromatic heterocycles. The molecule has 0 fully saturated rings. The smallest absolute Gasteiger partial charge is 0.109 e. The number of rotatable bonds is 5. The zero-order valence-corrected chi connectivity index (χ0v) is 10.9. The fourth-order valence-electron chi connectivity index (χ4n) is 1.10. The quantitative estimate of drug-likeness (QED) is 0.659. The molecule has 1 aromatic rings. The van der Waals surface area contributed by atoms with Gasteiger partial charge in [0.1, 0.15) is 4.60 Å². The predicted molar refractivity (Wildman–Crippen MR) is 68.2 cm³/mol. The lowest BCUT2D eigenvalue weighted by molar-refractivity contribution is 0.989. The first kappa shape index (κ1) is 11.9. The molecule has 0 unspecified atom stereocenters. The van der Waals surface area contributed by atoms with Crippen molar-refractivity contribution < 1.29 is 0 Å². The summed E-state index contributed by atoms with van der Waals surface area (Å²) in [5.74, 6) is 1.20. The Morgan fingerprint density at radius 1 is 1.57 bits per heavy atom. The lowest BCUT2D eigenvalue weighted by atomic mass is 10.3. The highest BCUT2D eigenvalue weighted by Gasteiger charge is 1.97. The first-order valence-corrected chi connectivity index (χ1v) is 6.77. The van der Waals surface area contributed by atoms with Gasteiger partial charge in [0, 0.05) is 6.54 Å². The number of hydrogen-bond acceptors (Lipinski definition) is 3. The lowest BCUT2D eigenvalue weighted by Gasteiger charge is -2.06. The first-order valence-electron chi connectivity index (χ1n) is 4.59. The van der Waals surface area contributed by atoms with E-state index in [0.29, 0.717) is 0 Å². The van der Waals surface area contributed by atoms with Crippen LogP contribution in [0.5, 0.6) is 0 Å². The van der Waals surface area contributed by atoms with E-state index in [2.05, 4.69) is 38.6 Å². The van der Waals surface area contributed by atoms with Crippen LogP contribution in [0.25, 0.3) is 0 Å². The topological polar surface area (TPSA) is 24.9 Å². The molecule has 0 spiro atoms. The third-order valence-corrected chi connectivity index (χ3v) is 3.40. The van der Waals surface area contributed by atoms with Gasteiger partial charge in [0.25, 0.3) is 0 Å². The lowest BCUT2D eigenvalue weighted by Crippen LogP contribution is -2.03. The number of nitrogens with one attached hydrogen (secondary N) is 1. The second-order valence-corrected chi connectivity index (χ2v) is 4.84. The van der Waals surface area contributed by atoms with Crippen molar-refractivity contribution in [2.75, 3.05) is 23.9 Å². The van der Waals surface area contributed by atoms with E-state index in [0.717, 1.165) is 16.8 Å². The molecule has 14 heavy (non-hydrogen) atoms. The van der Waals surface area contributed by atoms with Crippen LogP contribution in [-0.4, -0.2) is 23.5 Å². The van der Waals surface area contributed by atoms with Gasteiger partial charge in [-0.1, -0.05) is 0 Å². The molecule has 1 N–H and O–H groups in total. The third-order valence-electron chi connectivity index (χ3n) is 1.87. The molecule has 0 amide bonds. The van der Waals surface area contributed by atoms with Crippen LogP contribution in [0.1, 0.15) is 12.0 Å². The second-order valence-electron chi connectivity index (χ2n) is 3.10. The van der Waals surface area contributed by atoms with Crippen LogP contribution in [0.3, 0.4) is 0 Å². The fraction of sp³-hybridized carbons (Fsp3) is 0.500. The molecule has 0 radical (unpaired) electrons. The molecule has 1 heterocycles. The molecular formula is C10H15BrN2S. The van der Waals surface area contributed by atoms with Gasteiger partial charge in [-0.05, 0) is 52.9 Å². The largest absolute Gasteiger partial charge is 0.384 e. The zero-order chi connectivity index (χ0) is 10.4. The number of aryl methyl sites for hydroxylation is 1. The van der Waals surface area contributed by atoms with Crippen molar-refractivity contribution in [3.63, 3.8) is 0 Å². The Balaban J connectivity index is 2.39. The molecule has 0 atom stereocenters. The second kappa shape index (κ2) is 6.30. The van der Waals surface area contributed by atoms with Crippen LogP contribution in [0.15, 0.2) is 16.9 Å². The van der Waals surface area contributed by atoms with Crippen LogP contribution >= 0.6 is 27.7 Å². The van der Waals surface area contributed by atoms with E-state index in [4.69, 9.17) is 0 Å². The number of halogens is 1. The average molecular weight is 275 g/mol. The molecule has 4 heteroatoms. The van der Waals surface area contributed by atoms with E-state index in [-0.39, 0.29) is 0 Å². The highest BCUT2D eigenvalue weighted by atomic mass is 79.9. The maximum absolute atomic E-state index is 4.23. The van der Waals surface area contributed by atoms with Gasteiger partial charge in [0.05, 0.1) is 11.9 Å². The normalized spacial score (nSPS) is 10.2. The number of thioether (sulfide) groups is 1. The van der Waals surface area contributed by atoms with Crippen molar-refractivity contribution in [2.24, 2.45) is 0 Å². The van der Waals surface area contributed by atoms with Gasteiger partial charge < -0.3 is 5.32 Å². The van der Waals surface area contributed by atoms with E-state index in [9.17, 15) is 0 Å². The monoisotopic (exact) mass is 274 g/mol. The van der Waals surface area contributed by atoms with Gasteiger partial charge in [-0.25, -0.2) is 4.98 Å². The minimum Gasteiger partial charge on any atom is -0.384 e. The van der Waals surface area contributed by atoms with Crippen LogP contribution < -0.4 is 5.32 Å². The summed E-state index contributed by atoms with van der Waals surface area (Å²) >= 11 is 5.26. The summed E-state index contributed by atoms with van der Waals surface area (Å²) in [7, 11) is 0. The summed E-state index contributed by atoms with van der Waals surface area (Å²) in [6.07, 6.45) is 5.18. The summed E-state index contributed by atoms with van der Waals surface area (Å²) < 4.78 is 0.923. The van der Waals surface area contributed by atoms with Gasteiger partial charge in [-0.2, -0.15) is 11.8 Å². The highest BCUT2D eigenvalue weighted by molar-refractivity contribution is 9.10. The van der Waals surface area contributed by atoms with Gasteiger partial charge >= 0.3 is 0 Å². The van der Waals surface area contributed by atoms with Crippen molar-refractivity contribution in [1.82, 2.24) is 4.98 Å². The third kappa shape index (κ3) is 3.88. The zero-order valence-electron chi connectivity index (χ0n) is 8.51. The van der Waals surface area contributed by atoms with E-state index in [1.165, 1.54) is 17.7 Å². The highest BCUT2D eigenvalue weighted by Crippen LogP contribution is 2.16. The summed E-state index contributed by atoms with van der Waals surface area (Å²) in [6.45, 7) is 3.06. The number of aromatic nitrogens is 1. The first-order chi connectivity index (χ1) is 6.74. The molecule has 0 aliphatic carbocycles. The summed E-state index contributed by atoms with van der Waals surface area (Å²) in [6, 6.07) is 2.11. The van der Waals surface area contributed by atoms with Gasteiger partial charge in [0.2, 0.25) is 0 Å². The van der Waals surface area contributed by atoms with Crippen LogP contribution in [0.2, 0.25) is 0 Å². The van der Waals surface area contributed by atoms with Gasteiger partial charge in [-0.3, -0.25) is 0 Å². The number of hydrogen-bond donors (Lipinski definition) is 1. The molecule has 0 aliphatic heterocycles. The molecule has 0 saturated carbocycles. The van der Waals surface area contributed by atoms with Gasteiger partial charge in [-0.15, -0.1) is 0 Å². The minimum absolute atomic E-state index is 0.923. The summed E-state index contributed by atoms with van der Waals surface area (Å²) in [5, 5.41) is 3.35. The minimum atomic E-state index is 0.923.